The van der Waals surface area contributed by atoms with Crippen LogP contribution >= 0.6 is 0 Å². The molecule has 2 N–H and O–H groups in total. The summed E-state index contributed by atoms with van der Waals surface area (Å²) in [5.41, 5.74) is 6.88. The van der Waals surface area contributed by atoms with Gasteiger partial charge >= 0.3 is 0 Å². The van der Waals surface area contributed by atoms with Crippen LogP contribution in [0, 0.1) is 5.82 Å². The number of benzene rings is 1. The number of hydrogen-bond donors (Lipinski definition) is 1. The molecule has 0 unspecified atom stereocenters. The average molecular weight is 547 g/mol. The number of pyridine rings is 1. The molecule has 35 heavy (non-hydrogen) atoms. The van der Waals surface area contributed by atoms with Gasteiger partial charge in [-0.2, -0.15) is 17.0 Å². The zero-order valence-corrected chi connectivity index (χ0v) is 21.3. The van der Waals surface area contributed by atoms with Gasteiger partial charge in [0, 0.05) is 38.4 Å². The Morgan fingerprint density at radius 3 is 2.34 bits per heavy atom. The Kier molecular flexibility index (Phi) is 7.33. The number of rotatable bonds is 7. The minimum atomic E-state index is -4.15. The lowest BCUT2D eigenvalue weighted by Crippen LogP contribution is -2.52. The fourth-order valence-corrected chi connectivity index (χ4v) is 9.38. The molecule has 14 heteroatoms. The second-order valence-electron chi connectivity index (χ2n) is 8.75. The molecule has 0 amide bonds. The van der Waals surface area contributed by atoms with Crippen LogP contribution in [0.1, 0.15) is 23.5 Å². The summed E-state index contributed by atoms with van der Waals surface area (Å²) in [4.78, 5) is 3.95. The number of hydrogen-bond acceptors (Lipinski definition) is 8. The highest BCUT2D eigenvalue weighted by Gasteiger charge is 2.45. The van der Waals surface area contributed by atoms with Crippen molar-refractivity contribution in [3.63, 3.8) is 0 Å². The second-order valence-corrected chi connectivity index (χ2v) is 14.9. The summed E-state index contributed by atoms with van der Waals surface area (Å²) in [6.45, 7) is -0.267. The summed E-state index contributed by atoms with van der Waals surface area (Å²) in [7, 11) is -11.4. The third-order valence-corrected chi connectivity index (χ3v) is 11.7. The zero-order chi connectivity index (χ0) is 25.4. The van der Waals surface area contributed by atoms with E-state index in [2.05, 4.69) is 4.98 Å². The maximum absolute atomic E-state index is 13.5. The molecule has 192 valence electrons. The van der Waals surface area contributed by atoms with Crippen LogP contribution in [0.15, 0.2) is 47.6 Å². The molecule has 2 fully saturated rings. The molecule has 0 bridgehead atoms. The van der Waals surface area contributed by atoms with Crippen LogP contribution in [0.3, 0.4) is 0 Å². The van der Waals surface area contributed by atoms with Crippen molar-refractivity contribution in [3.05, 3.63) is 59.5 Å². The summed E-state index contributed by atoms with van der Waals surface area (Å²) in [6, 6.07) is 7.72. The van der Waals surface area contributed by atoms with Crippen molar-refractivity contribution in [2.75, 3.05) is 36.9 Å². The Hall–Kier alpha value is -1.97. The van der Waals surface area contributed by atoms with Crippen molar-refractivity contribution in [2.45, 2.75) is 30.0 Å². The van der Waals surface area contributed by atoms with E-state index in [1.165, 1.54) is 24.4 Å². The van der Waals surface area contributed by atoms with Crippen molar-refractivity contribution in [3.8, 4) is 0 Å². The fourth-order valence-electron chi connectivity index (χ4n) is 4.46. The van der Waals surface area contributed by atoms with E-state index in [-0.39, 0.29) is 55.0 Å². The van der Waals surface area contributed by atoms with Crippen LogP contribution in [0.25, 0.3) is 0 Å². The number of nitrogens with zero attached hydrogens (tertiary/aromatic N) is 3. The van der Waals surface area contributed by atoms with Crippen molar-refractivity contribution in [2.24, 2.45) is 5.73 Å². The lowest BCUT2D eigenvalue weighted by molar-refractivity contribution is 0.341. The van der Waals surface area contributed by atoms with Crippen LogP contribution in [0.5, 0.6) is 0 Å². The Morgan fingerprint density at radius 1 is 1.06 bits per heavy atom. The second kappa shape index (κ2) is 9.82. The summed E-state index contributed by atoms with van der Waals surface area (Å²) in [5, 5.41) is -0.188. The number of halogens is 1. The van der Waals surface area contributed by atoms with Gasteiger partial charge in [0.25, 0.3) is 10.2 Å². The number of nitrogens with two attached hydrogens (primary N) is 1. The van der Waals surface area contributed by atoms with Gasteiger partial charge in [0.05, 0.1) is 17.3 Å². The van der Waals surface area contributed by atoms with E-state index >= 15 is 0 Å². The first kappa shape index (κ1) is 26.1. The van der Waals surface area contributed by atoms with E-state index in [4.69, 9.17) is 5.73 Å². The van der Waals surface area contributed by atoms with Gasteiger partial charge in [-0.15, -0.1) is 0 Å². The molecule has 0 saturated carbocycles. The van der Waals surface area contributed by atoms with Gasteiger partial charge in [-0.1, -0.05) is 12.1 Å². The largest absolute Gasteiger partial charge is 0.326 e. The Labute approximate surface area is 205 Å². The van der Waals surface area contributed by atoms with E-state index in [0.29, 0.717) is 11.1 Å². The minimum absolute atomic E-state index is 0.00628. The predicted molar refractivity (Wildman–Crippen MR) is 128 cm³/mol. The lowest BCUT2D eigenvalue weighted by Gasteiger charge is -2.32. The van der Waals surface area contributed by atoms with Gasteiger partial charge in [0.1, 0.15) is 5.82 Å². The summed E-state index contributed by atoms with van der Waals surface area (Å²) >= 11 is 0. The van der Waals surface area contributed by atoms with Gasteiger partial charge in [0.2, 0.25) is 0 Å². The van der Waals surface area contributed by atoms with Crippen LogP contribution in [0.2, 0.25) is 0 Å². The van der Waals surface area contributed by atoms with E-state index in [1.807, 2.05) is 0 Å². The van der Waals surface area contributed by atoms with Crippen molar-refractivity contribution in [1.82, 2.24) is 13.6 Å². The molecule has 3 heterocycles. The van der Waals surface area contributed by atoms with Crippen molar-refractivity contribution < 1.29 is 29.6 Å². The average Bonchev–Trinajstić information content (AvgIpc) is 3.23. The Bertz CT molecular complexity index is 1380. The highest BCUT2D eigenvalue weighted by molar-refractivity contribution is 7.92. The molecule has 1 aromatic carbocycles. The normalized spacial score (nSPS) is 23.9. The van der Waals surface area contributed by atoms with E-state index in [1.54, 1.807) is 18.2 Å². The Morgan fingerprint density at radius 2 is 1.71 bits per heavy atom. The molecule has 2 atom stereocenters. The first-order valence-corrected chi connectivity index (χ1v) is 15.9. The molecular formula is C21H27FN4O6S3. The molecule has 10 nitrogen and oxygen atoms in total. The van der Waals surface area contributed by atoms with Crippen molar-refractivity contribution >= 4 is 29.9 Å². The Balaban J connectivity index is 1.65. The standard InChI is InChI=1S/C21H27FN4O6S3/c22-19-3-1-17(2-4-19)18-12-20(15-34(29,30)21-11-16(13-23)5-6-24-21)26(14-18)35(31,32)25-7-9-33(27,28)10-8-25/h1-6,11,18,20H,7-10,12-15,23H2/t18-,20-/m1/s1. The molecule has 2 aliphatic heterocycles. The van der Waals surface area contributed by atoms with Gasteiger partial charge in [-0.25, -0.2) is 26.2 Å². The van der Waals surface area contributed by atoms with Crippen LogP contribution in [-0.2, 0) is 36.4 Å². The fraction of sp³-hybridized carbons (Fsp3) is 0.476. The number of sulfone groups is 2. The van der Waals surface area contributed by atoms with E-state index in [9.17, 15) is 29.6 Å². The highest BCUT2D eigenvalue weighted by Crippen LogP contribution is 2.36. The maximum atomic E-state index is 13.5. The predicted octanol–water partition coefficient (Wildman–Crippen LogP) is 0.286. The number of aromatic nitrogens is 1. The zero-order valence-electron chi connectivity index (χ0n) is 18.8. The minimum Gasteiger partial charge on any atom is -0.326 e. The first-order valence-electron chi connectivity index (χ1n) is 11.0. The molecule has 4 rings (SSSR count). The molecule has 2 saturated heterocycles. The molecule has 2 aliphatic rings. The van der Waals surface area contributed by atoms with Gasteiger partial charge in [-0.3, -0.25) is 0 Å². The topological polar surface area (TPSA) is 148 Å². The third-order valence-electron chi connectivity index (χ3n) is 6.40. The molecule has 0 aliphatic carbocycles. The molecular weight excluding hydrogens is 519 g/mol. The molecule has 1 aromatic heterocycles. The molecule has 0 radical (unpaired) electrons. The van der Waals surface area contributed by atoms with Crippen molar-refractivity contribution in [1.29, 1.82) is 0 Å². The first-order chi connectivity index (χ1) is 16.4. The van der Waals surface area contributed by atoms with E-state index in [0.717, 1.165) is 8.61 Å². The van der Waals surface area contributed by atoms with Crippen LogP contribution in [0.4, 0.5) is 4.39 Å². The maximum Gasteiger partial charge on any atom is 0.282 e. The quantitative estimate of drug-likeness (QED) is 0.521. The SMILES string of the molecule is NCc1ccnc(S(=O)(=O)C[C@H]2C[C@@H](c3ccc(F)cc3)CN2S(=O)(=O)N2CCS(=O)(=O)CC2)c1. The van der Waals surface area contributed by atoms with Gasteiger partial charge in [-0.05, 0) is 47.7 Å². The highest BCUT2D eigenvalue weighted by atomic mass is 32.2. The lowest BCUT2D eigenvalue weighted by atomic mass is 9.97. The monoisotopic (exact) mass is 546 g/mol. The van der Waals surface area contributed by atoms with E-state index < -0.39 is 47.5 Å². The molecule has 2 aromatic rings. The smallest absolute Gasteiger partial charge is 0.282 e. The van der Waals surface area contributed by atoms with Crippen LogP contribution in [-0.4, -0.2) is 81.8 Å². The summed E-state index contributed by atoms with van der Waals surface area (Å²) in [6.07, 6.45) is 1.54. The molecule has 0 spiro atoms. The van der Waals surface area contributed by atoms with Gasteiger partial charge < -0.3 is 5.73 Å². The summed E-state index contributed by atoms with van der Waals surface area (Å²) in [5.74, 6) is -1.88. The third kappa shape index (κ3) is 5.73. The summed E-state index contributed by atoms with van der Waals surface area (Å²) < 4.78 is 92.8. The van der Waals surface area contributed by atoms with Crippen LogP contribution < -0.4 is 5.73 Å². The van der Waals surface area contributed by atoms with Gasteiger partial charge in [0.15, 0.2) is 24.7 Å².